The van der Waals surface area contributed by atoms with Gasteiger partial charge in [0.1, 0.15) is 0 Å². The van der Waals surface area contributed by atoms with Crippen LogP contribution in [0, 0.1) is 0 Å². The summed E-state index contributed by atoms with van der Waals surface area (Å²) < 4.78 is 0. The summed E-state index contributed by atoms with van der Waals surface area (Å²) in [5.41, 5.74) is 9.36. The molecule has 2 N–H and O–H groups in total. The van der Waals surface area contributed by atoms with E-state index in [0.717, 1.165) is 18.5 Å². The molecule has 0 aliphatic rings. The van der Waals surface area contributed by atoms with E-state index in [2.05, 4.69) is 31.7 Å². The molecular weight excluding hydrogens is 194 g/mol. The Morgan fingerprint density at radius 2 is 1.88 bits per heavy atom. The van der Waals surface area contributed by atoms with Crippen LogP contribution in [0.2, 0.25) is 0 Å². The largest absolute Gasteiger partial charge is 0.402 e. The highest BCUT2D eigenvalue weighted by atomic mass is 14.6. The molecule has 0 saturated heterocycles. The molecule has 0 spiro atoms. The van der Waals surface area contributed by atoms with Gasteiger partial charge in [0.05, 0.1) is 0 Å². The molecule has 1 nitrogen and oxygen atoms in total. The standard InChI is InChI=1S/C15H23N/c1-5-7-11-14(4)15(16)12-8-10-13(3)9-6-2/h5-10H,2,11-12,16H2,1,3-4H3/b7-5-,10-8-,13-9-,15-14+. The van der Waals surface area contributed by atoms with Gasteiger partial charge in [-0.25, -0.2) is 0 Å². The first-order valence-corrected chi connectivity index (χ1v) is 5.63. The normalized spacial score (nSPS) is 14.6. The Kier molecular flexibility index (Phi) is 7.96. The lowest BCUT2D eigenvalue weighted by atomic mass is 10.1. The third-order valence-corrected chi connectivity index (χ3v) is 2.31. The van der Waals surface area contributed by atoms with Crippen LogP contribution >= 0.6 is 0 Å². The highest BCUT2D eigenvalue weighted by Gasteiger charge is 1.93. The zero-order chi connectivity index (χ0) is 12.4. The zero-order valence-corrected chi connectivity index (χ0v) is 10.7. The van der Waals surface area contributed by atoms with E-state index in [1.807, 2.05) is 26.0 Å². The van der Waals surface area contributed by atoms with Gasteiger partial charge in [-0.3, -0.25) is 0 Å². The molecule has 0 rings (SSSR count). The lowest BCUT2D eigenvalue weighted by Gasteiger charge is -2.02. The summed E-state index contributed by atoms with van der Waals surface area (Å²) in [6, 6.07) is 0. The van der Waals surface area contributed by atoms with Gasteiger partial charge in [0.15, 0.2) is 0 Å². The first kappa shape index (κ1) is 14.5. The minimum Gasteiger partial charge on any atom is -0.402 e. The van der Waals surface area contributed by atoms with Crippen LogP contribution in [0.5, 0.6) is 0 Å². The summed E-state index contributed by atoms with van der Waals surface area (Å²) in [6.07, 6.45) is 13.8. The maximum atomic E-state index is 5.97. The van der Waals surface area contributed by atoms with Gasteiger partial charge in [0.2, 0.25) is 0 Å². The predicted octanol–water partition coefficient (Wildman–Crippen LogP) is 4.26. The van der Waals surface area contributed by atoms with Crippen LogP contribution in [0.4, 0.5) is 0 Å². The van der Waals surface area contributed by atoms with E-state index in [0.29, 0.717) is 0 Å². The van der Waals surface area contributed by atoms with Crippen LogP contribution in [-0.4, -0.2) is 0 Å². The summed E-state index contributed by atoms with van der Waals surface area (Å²) in [7, 11) is 0. The van der Waals surface area contributed by atoms with Crippen molar-refractivity contribution in [2.45, 2.75) is 33.6 Å². The summed E-state index contributed by atoms with van der Waals surface area (Å²) in [6.45, 7) is 9.80. The van der Waals surface area contributed by atoms with E-state index in [-0.39, 0.29) is 0 Å². The number of nitrogens with two attached hydrogens (primary N) is 1. The second kappa shape index (κ2) is 8.78. The molecule has 0 aromatic rings. The van der Waals surface area contributed by atoms with Crippen molar-refractivity contribution in [2.24, 2.45) is 5.73 Å². The fourth-order valence-electron chi connectivity index (χ4n) is 1.21. The van der Waals surface area contributed by atoms with Crippen molar-refractivity contribution in [3.63, 3.8) is 0 Å². The Balaban J connectivity index is 4.29. The minimum absolute atomic E-state index is 0.811. The van der Waals surface area contributed by atoms with Crippen LogP contribution < -0.4 is 5.73 Å². The van der Waals surface area contributed by atoms with Gasteiger partial charge in [-0.05, 0) is 27.2 Å². The average Bonchev–Trinajstić information content (AvgIpc) is 2.26. The Morgan fingerprint density at radius 1 is 1.19 bits per heavy atom. The molecule has 88 valence electrons. The van der Waals surface area contributed by atoms with Crippen LogP contribution in [0.3, 0.4) is 0 Å². The zero-order valence-electron chi connectivity index (χ0n) is 10.7. The first-order valence-electron chi connectivity index (χ1n) is 5.63. The monoisotopic (exact) mass is 217 g/mol. The van der Waals surface area contributed by atoms with Crippen molar-refractivity contribution in [1.82, 2.24) is 0 Å². The Morgan fingerprint density at radius 3 is 2.44 bits per heavy atom. The molecular formula is C15H23N. The Hall–Kier alpha value is -1.50. The summed E-state index contributed by atoms with van der Waals surface area (Å²) in [5.74, 6) is 0. The number of allylic oxidation sites excluding steroid dienone is 8. The maximum absolute atomic E-state index is 5.97. The van der Waals surface area contributed by atoms with Crippen LogP contribution in [-0.2, 0) is 0 Å². The molecule has 0 radical (unpaired) electrons. The second-order valence-corrected chi connectivity index (χ2v) is 3.83. The van der Waals surface area contributed by atoms with Crippen molar-refractivity contribution < 1.29 is 0 Å². The number of rotatable bonds is 6. The molecule has 0 fully saturated rings. The molecule has 0 unspecified atom stereocenters. The average molecular weight is 217 g/mol. The van der Waals surface area contributed by atoms with Crippen LogP contribution in [0.15, 0.2) is 59.9 Å². The molecule has 0 aromatic carbocycles. The molecule has 0 aliphatic carbocycles. The van der Waals surface area contributed by atoms with Crippen LogP contribution in [0.25, 0.3) is 0 Å². The van der Waals surface area contributed by atoms with E-state index in [4.69, 9.17) is 5.73 Å². The molecule has 16 heavy (non-hydrogen) atoms. The fraction of sp³-hybridized carbons (Fsp3) is 0.333. The number of hydrogen-bond donors (Lipinski definition) is 1. The predicted molar refractivity (Wildman–Crippen MR) is 74.0 cm³/mol. The summed E-state index contributed by atoms with van der Waals surface area (Å²) in [4.78, 5) is 0. The molecule has 0 heterocycles. The molecule has 0 amide bonds. The topological polar surface area (TPSA) is 26.0 Å². The number of hydrogen-bond acceptors (Lipinski definition) is 1. The third kappa shape index (κ3) is 6.88. The molecule has 1 heteroatoms. The fourth-order valence-corrected chi connectivity index (χ4v) is 1.21. The van der Waals surface area contributed by atoms with Crippen molar-refractivity contribution in [2.75, 3.05) is 0 Å². The van der Waals surface area contributed by atoms with Crippen molar-refractivity contribution >= 4 is 0 Å². The lowest BCUT2D eigenvalue weighted by Crippen LogP contribution is -1.99. The van der Waals surface area contributed by atoms with Crippen molar-refractivity contribution in [1.29, 1.82) is 0 Å². The highest BCUT2D eigenvalue weighted by Crippen LogP contribution is 2.09. The molecule has 0 bridgehead atoms. The van der Waals surface area contributed by atoms with Gasteiger partial charge >= 0.3 is 0 Å². The van der Waals surface area contributed by atoms with Gasteiger partial charge in [0.25, 0.3) is 0 Å². The highest BCUT2D eigenvalue weighted by molar-refractivity contribution is 5.23. The Labute approximate surface area is 99.7 Å². The van der Waals surface area contributed by atoms with E-state index < -0.39 is 0 Å². The summed E-state index contributed by atoms with van der Waals surface area (Å²) >= 11 is 0. The Bertz CT molecular complexity index is 327. The van der Waals surface area contributed by atoms with E-state index in [9.17, 15) is 0 Å². The third-order valence-electron chi connectivity index (χ3n) is 2.31. The quantitative estimate of drug-likeness (QED) is 0.522. The van der Waals surface area contributed by atoms with Gasteiger partial charge in [-0.2, -0.15) is 0 Å². The second-order valence-electron chi connectivity index (χ2n) is 3.83. The molecule has 0 atom stereocenters. The maximum Gasteiger partial charge on any atom is 0.0111 e. The SMILES string of the molecule is C=C/C=C(C)\C=C/C/C(N)=C(/C)C/C=C\C. The van der Waals surface area contributed by atoms with Crippen LogP contribution in [0.1, 0.15) is 33.6 Å². The lowest BCUT2D eigenvalue weighted by molar-refractivity contribution is 1.05. The molecule has 0 aliphatic heterocycles. The van der Waals surface area contributed by atoms with Gasteiger partial charge in [0, 0.05) is 12.1 Å². The van der Waals surface area contributed by atoms with E-state index >= 15 is 0 Å². The summed E-state index contributed by atoms with van der Waals surface area (Å²) in [5, 5.41) is 0. The van der Waals surface area contributed by atoms with E-state index in [1.165, 1.54) is 11.1 Å². The first-order chi connectivity index (χ1) is 7.61. The van der Waals surface area contributed by atoms with Gasteiger partial charge in [-0.1, -0.05) is 54.2 Å². The van der Waals surface area contributed by atoms with Gasteiger partial charge < -0.3 is 5.73 Å². The smallest absolute Gasteiger partial charge is 0.0111 e. The van der Waals surface area contributed by atoms with Crippen molar-refractivity contribution in [3.8, 4) is 0 Å². The molecule has 0 saturated carbocycles. The van der Waals surface area contributed by atoms with Gasteiger partial charge in [-0.15, -0.1) is 0 Å². The van der Waals surface area contributed by atoms with Crippen molar-refractivity contribution in [3.05, 3.63) is 59.9 Å². The minimum atomic E-state index is 0.811. The van der Waals surface area contributed by atoms with E-state index in [1.54, 1.807) is 6.08 Å². The molecule has 0 aromatic heterocycles.